The van der Waals surface area contributed by atoms with Crippen LogP contribution in [0.3, 0.4) is 0 Å². The van der Waals surface area contributed by atoms with Gasteiger partial charge in [-0.15, -0.1) is 0 Å². The van der Waals surface area contributed by atoms with Crippen LogP contribution in [-0.2, 0) is 20.5 Å². The first-order valence-electron chi connectivity index (χ1n) is 13.7. The van der Waals surface area contributed by atoms with E-state index in [2.05, 4.69) is 123 Å². The summed E-state index contributed by atoms with van der Waals surface area (Å²) in [5.41, 5.74) is 4.77. The Hall–Kier alpha value is -3.86. The number of hydrogen-bond acceptors (Lipinski definition) is 3. The Morgan fingerprint density at radius 3 is 1.64 bits per heavy atom. The summed E-state index contributed by atoms with van der Waals surface area (Å²) in [5, 5.41) is 2.49. The van der Waals surface area contributed by atoms with E-state index >= 15 is 0 Å². The second-order valence-electron chi connectivity index (χ2n) is 11.0. The van der Waals surface area contributed by atoms with Gasteiger partial charge in [0.15, 0.2) is 0 Å². The Kier molecular flexibility index (Phi) is 5.66. The van der Waals surface area contributed by atoms with Crippen molar-refractivity contribution >= 4 is 17.9 Å². The molecule has 1 saturated heterocycles. The van der Waals surface area contributed by atoms with Crippen LogP contribution in [0.15, 0.2) is 121 Å². The largest absolute Gasteiger partial charge is 0.497 e. The average molecular weight is 510 g/mol. The van der Waals surface area contributed by atoms with E-state index in [4.69, 9.17) is 14.0 Å². The second-order valence-corrected chi connectivity index (χ2v) is 11.0. The molecular weight excluding hydrogens is 479 g/mol. The Morgan fingerprint density at radius 1 is 0.590 bits per heavy atom. The van der Waals surface area contributed by atoms with Gasteiger partial charge in [-0.05, 0) is 64.6 Å². The molecule has 4 heteroatoms. The van der Waals surface area contributed by atoms with E-state index in [0.717, 1.165) is 5.75 Å². The van der Waals surface area contributed by atoms with Crippen molar-refractivity contribution in [1.82, 2.24) is 0 Å². The van der Waals surface area contributed by atoms with Gasteiger partial charge < -0.3 is 14.0 Å². The van der Waals surface area contributed by atoms with Crippen LogP contribution < -0.4 is 4.74 Å². The number of fused-ring (bicyclic) bond motifs is 3. The third kappa shape index (κ3) is 3.59. The van der Waals surface area contributed by atoms with Crippen LogP contribution in [0.5, 0.6) is 5.75 Å². The molecule has 192 valence electrons. The van der Waals surface area contributed by atoms with Crippen LogP contribution in [0.1, 0.15) is 53.4 Å². The van der Waals surface area contributed by atoms with Gasteiger partial charge in [0, 0.05) is 11.7 Å². The van der Waals surface area contributed by atoms with Crippen LogP contribution in [0.25, 0.3) is 10.8 Å². The zero-order valence-corrected chi connectivity index (χ0v) is 22.5. The lowest BCUT2D eigenvalue weighted by atomic mass is 9.58. The van der Waals surface area contributed by atoms with Crippen molar-refractivity contribution in [2.24, 2.45) is 0 Å². The Balaban J connectivity index is 1.40. The topological polar surface area (TPSA) is 27.7 Å². The zero-order valence-electron chi connectivity index (χ0n) is 22.5. The molecule has 1 fully saturated rings. The summed E-state index contributed by atoms with van der Waals surface area (Å²) in [7, 11) is 1.23. The highest BCUT2D eigenvalue weighted by atomic mass is 16.7. The molecule has 0 aromatic heterocycles. The fourth-order valence-electron chi connectivity index (χ4n) is 6.90. The molecule has 0 unspecified atom stereocenters. The number of hydrogen-bond donors (Lipinski definition) is 0. The number of benzene rings is 5. The summed E-state index contributed by atoms with van der Waals surface area (Å²) in [6.45, 7) is 4.41. The first-order valence-corrected chi connectivity index (χ1v) is 13.7. The molecule has 1 aliphatic heterocycles. The lowest BCUT2D eigenvalue weighted by Crippen LogP contribution is -2.38. The molecule has 7 rings (SSSR count). The molecule has 0 saturated carbocycles. The smallest absolute Gasteiger partial charge is 0.467 e. The van der Waals surface area contributed by atoms with E-state index in [0.29, 0.717) is 0 Å². The van der Waals surface area contributed by atoms with Crippen LogP contribution in [0.2, 0.25) is 0 Å². The van der Waals surface area contributed by atoms with Gasteiger partial charge in [-0.25, -0.2) is 0 Å². The molecule has 0 radical (unpaired) electrons. The molecule has 0 spiro atoms. The quantitative estimate of drug-likeness (QED) is 0.217. The van der Waals surface area contributed by atoms with Gasteiger partial charge >= 0.3 is 7.12 Å². The molecule has 3 nitrogen and oxygen atoms in total. The maximum atomic E-state index is 7.19. The van der Waals surface area contributed by atoms with Gasteiger partial charge in [0.1, 0.15) is 17.0 Å². The summed E-state index contributed by atoms with van der Waals surface area (Å²) in [6.07, 6.45) is 0. The first-order chi connectivity index (χ1) is 19.0. The van der Waals surface area contributed by atoms with Crippen molar-refractivity contribution in [3.05, 3.63) is 149 Å². The molecule has 39 heavy (non-hydrogen) atoms. The van der Waals surface area contributed by atoms with Crippen molar-refractivity contribution < 1.29 is 14.0 Å². The van der Waals surface area contributed by atoms with Crippen LogP contribution in [0.4, 0.5) is 0 Å². The van der Waals surface area contributed by atoms with Gasteiger partial charge in [0.05, 0.1) is 7.11 Å². The monoisotopic (exact) mass is 510 g/mol. The molecule has 5 aromatic rings. The maximum absolute atomic E-state index is 7.19. The van der Waals surface area contributed by atoms with E-state index in [9.17, 15) is 0 Å². The highest BCUT2D eigenvalue weighted by molar-refractivity contribution is 6.48. The van der Waals surface area contributed by atoms with Crippen LogP contribution >= 0.6 is 0 Å². The van der Waals surface area contributed by atoms with E-state index < -0.39 is 18.3 Å². The van der Waals surface area contributed by atoms with Crippen LogP contribution in [0, 0.1) is 0 Å². The molecule has 0 N–H and O–H groups in total. The minimum atomic E-state index is -0.616. The third-order valence-corrected chi connectivity index (χ3v) is 9.02. The van der Waals surface area contributed by atoms with Crippen molar-refractivity contribution in [3.63, 3.8) is 0 Å². The second kappa shape index (κ2) is 9.12. The Labute approximate surface area is 230 Å². The van der Waals surface area contributed by atoms with Crippen molar-refractivity contribution in [3.8, 4) is 5.75 Å². The Bertz CT molecular complexity index is 1580. The van der Waals surface area contributed by atoms with E-state index in [1.807, 2.05) is 12.1 Å². The molecule has 1 heterocycles. The van der Waals surface area contributed by atoms with Crippen LogP contribution in [-0.4, -0.2) is 14.2 Å². The van der Waals surface area contributed by atoms with Gasteiger partial charge in [-0.1, -0.05) is 109 Å². The van der Waals surface area contributed by atoms with Gasteiger partial charge in [-0.2, -0.15) is 0 Å². The van der Waals surface area contributed by atoms with Crippen molar-refractivity contribution in [1.29, 1.82) is 0 Å². The first kappa shape index (κ1) is 24.2. The summed E-state index contributed by atoms with van der Waals surface area (Å²) in [6, 6.07) is 42.8. The molecule has 2 aliphatic rings. The van der Waals surface area contributed by atoms with Crippen molar-refractivity contribution in [2.75, 3.05) is 7.11 Å². The third-order valence-electron chi connectivity index (χ3n) is 9.02. The zero-order chi connectivity index (χ0) is 26.6. The molecule has 1 aliphatic carbocycles. The number of methoxy groups -OCH3 is 1. The summed E-state index contributed by atoms with van der Waals surface area (Å²) >= 11 is 0. The molecule has 5 aromatic carbocycles. The minimum absolute atomic E-state index is 0.00145. The van der Waals surface area contributed by atoms with E-state index in [-0.39, 0.29) is 11.7 Å². The van der Waals surface area contributed by atoms with E-state index in [1.165, 1.54) is 38.6 Å². The summed E-state index contributed by atoms with van der Waals surface area (Å²) in [4.78, 5) is 0. The van der Waals surface area contributed by atoms with Crippen molar-refractivity contribution in [2.45, 2.75) is 36.8 Å². The summed E-state index contributed by atoms with van der Waals surface area (Å²) < 4.78 is 19.9. The fourth-order valence-corrected chi connectivity index (χ4v) is 6.90. The fraction of sp³-hybridized carbons (Fsp3) is 0.200. The standard InChI is InChI=1S/C35H31BO3/c1-34-29-18-10-16-25-17-11-19-30(32(25)29)35(34,2)39-36(38-34)33(27-14-8-5-9-15-27)31(24-12-6-4-7-13-24)26-20-22-28(37-3)23-21-26/h4-23,31,33H,1-3H3/t31-,33+,34-,35+/m1/s1. The maximum Gasteiger partial charge on any atom is 0.467 e. The average Bonchev–Trinajstić information content (AvgIpc) is 3.36. The van der Waals surface area contributed by atoms with Gasteiger partial charge in [-0.3, -0.25) is 0 Å². The molecule has 0 amide bonds. The predicted molar refractivity (Wildman–Crippen MR) is 157 cm³/mol. The highest BCUT2D eigenvalue weighted by Gasteiger charge is 2.65. The number of ether oxygens (including phenoxy) is 1. The lowest BCUT2D eigenvalue weighted by molar-refractivity contribution is -0.0222. The van der Waals surface area contributed by atoms with E-state index in [1.54, 1.807) is 7.11 Å². The van der Waals surface area contributed by atoms with Gasteiger partial charge in [0.25, 0.3) is 0 Å². The normalized spacial score (nSPS) is 23.0. The molecule has 4 atom stereocenters. The minimum Gasteiger partial charge on any atom is -0.497 e. The predicted octanol–water partition coefficient (Wildman–Crippen LogP) is 7.98. The Morgan fingerprint density at radius 2 is 1.10 bits per heavy atom. The molecular formula is C35H31BO3. The number of rotatable bonds is 6. The summed E-state index contributed by atoms with van der Waals surface area (Å²) in [5.74, 6) is 0.753. The highest BCUT2D eigenvalue weighted by Crippen LogP contribution is 2.61. The molecule has 0 bridgehead atoms. The lowest BCUT2D eigenvalue weighted by Gasteiger charge is -2.34. The van der Waals surface area contributed by atoms with Gasteiger partial charge in [0.2, 0.25) is 0 Å². The SMILES string of the molecule is COc1ccc([C@@H](c2ccccc2)[C@@H](B2O[C@@]3(C)c4cccc5cccc(c45)[C@@]3(C)O2)c2ccccc2)cc1.